The Hall–Kier alpha value is -1.63. The summed E-state index contributed by atoms with van der Waals surface area (Å²) in [5.41, 5.74) is 5.99. The van der Waals surface area contributed by atoms with E-state index in [0.717, 1.165) is 58.0 Å². The number of nitrogens with one attached hydrogen (secondary N) is 1. The number of nitrogens with two attached hydrogens (primary N) is 1. The van der Waals surface area contributed by atoms with Crippen LogP contribution in [0.4, 0.5) is 4.79 Å². The predicted octanol–water partition coefficient (Wildman–Crippen LogP) is 2.42. The molecule has 3 rings (SSSR count). The fourth-order valence-electron chi connectivity index (χ4n) is 3.84. The molecule has 1 aliphatic carbocycles. The topological polar surface area (TPSA) is 97.3 Å². The van der Waals surface area contributed by atoms with E-state index in [1.165, 1.54) is 0 Å². The van der Waals surface area contributed by atoms with E-state index in [1.807, 2.05) is 4.90 Å². The standard InChI is InChI=1S/C18H31N5O2/c1-13(2)11-20-17(24)23-9-5-6-14(12-23)10-15-21-16(22-25-15)18(19)7-3-4-8-18/h13-14H,3-12,19H2,1-2H3,(H,20,24). The Labute approximate surface area is 149 Å². The van der Waals surface area contributed by atoms with Crippen molar-refractivity contribution in [2.45, 2.75) is 64.3 Å². The summed E-state index contributed by atoms with van der Waals surface area (Å²) < 4.78 is 5.46. The molecule has 1 aromatic rings. The van der Waals surface area contributed by atoms with Crippen LogP contribution in [-0.4, -0.2) is 40.7 Å². The molecule has 2 heterocycles. The first-order chi connectivity index (χ1) is 12.0. The maximum absolute atomic E-state index is 12.3. The fourth-order valence-corrected chi connectivity index (χ4v) is 3.84. The summed E-state index contributed by atoms with van der Waals surface area (Å²) in [6, 6.07) is 0.0384. The molecule has 25 heavy (non-hydrogen) atoms. The number of hydrogen-bond donors (Lipinski definition) is 2. The van der Waals surface area contributed by atoms with Crippen LogP contribution in [0.25, 0.3) is 0 Å². The summed E-state index contributed by atoms with van der Waals surface area (Å²) in [5, 5.41) is 7.14. The van der Waals surface area contributed by atoms with Gasteiger partial charge in [0.15, 0.2) is 5.82 Å². The van der Waals surface area contributed by atoms with Crippen molar-refractivity contribution in [1.29, 1.82) is 0 Å². The maximum Gasteiger partial charge on any atom is 0.317 e. The number of hydrogen-bond acceptors (Lipinski definition) is 5. The van der Waals surface area contributed by atoms with Crippen molar-refractivity contribution < 1.29 is 9.32 Å². The van der Waals surface area contributed by atoms with E-state index in [4.69, 9.17) is 10.3 Å². The normalized spacial score (nSPS) is 23.2. The van der Waals surface area contributed by atoms with Gasteiger partial charge in [0.05, 0.1) is 5.54 Å². The van der Waals surface area contributed by atoms with Crippen LogP contribution < -0.4 is 11.1 Å². The summed E-state index contributed by atoms with van der Waals surface area (Å²) in [5.74, 6) is 2.13. The molecule has 1 atom stereocenters. The van der Waals surface area contributed by atoms with Crippen molar-refractivity contribution in [1.82, 2.24) is 20.4 Å². The van der Waals surface area contributed by atoms with E-state index in [-0.39, 0.29) is 6.03 Å². The van der Waals surface area contributed by atoms with Crippen molar-refractivity contribution in [3.8, 4) is 0 Å². The summed E-state index contributed by atoms with van der Waals surface area (Å²) in [6.07, 6.45) is 6.93. The van der Waals surface area contributed by atoms with E-state index in [2.05, 4.69) is 29.3 Å². The number of carbonyl (C=O) groups is 1. The van der Waals surface area contributed by atoms with Crippen molar-refractivity contribution in [2.75, 3.05) is 19.6 Å². The molecule has 0 bridgehead atoms. The van der Waals surface area contributed by atoms with E-state index < -0.39 is 5.54 Å². The highest BCUT2D eigenvalue weighted by Gasteiger charge is 2.36. The average molecular weight is 349 g/mol. The Morgan fingerprint density at radius 2 is 2.16 bits per heavy atom. The number of piperidine rings is 1. The first-order valence-corrected chi connectivity index (χ1v) is 9.61. The molecule has 1 saturated carbocycles. The third kappa shape index (κ3) is 4.51. The van der Waals surface area contributed by atoms with Gasteiger partial charge in [-0.2, -0.15) is 4.98 Å². The van der Waals surface area contributed by atoms with Gasteiger partial charge in [0, 0.05) is 26.1 Å². The lowest BCUT2D eigenvalue weighted by molar-refractivity contribution is 0.160. The SMILES string of the molecule is CC(C)CNC(=O)N1CCCC(Cc2nc(C3(N)CCCC3)no2)C1. The van der Waals surface area contributed by atoms with Gasteiger partial charge in [-0.1, -0.05) is 31.8 Å². The minimum atomic E-state index is -0.406. The Bertz CT molecular complexity index is 580. The van der Waals surface area contributed by atoms with Gasteiger partial charge < -0.3 is 20.5 Å². The molecule has 0 spiro atoms. The van der Waals surface area contributed by atoms with Crippen LogP contribution in [0.2, 0.25) is 0 Å². The molecule has 3 N–H and O–H groups in total. The number of carbonyl (C=O) groups excluding carboxylic acids is 1. The lowest BCUT2D eigenvalue weighted by atomic mass is 9.94. The molecule has 7 heteroatoms. The van der Waals surface area contributed by atoms with Crippen molar-refractivity contribution >= 4 is 6.03 Å². The minimum absolute atomic E-state index is 0.0384. The fraction of sp³-hybridized carbons (Fsp3) is 0.833. The minimum Gasteiger partial charge on any atom is -0.339 e. The zero-order valence-corrected chi connectivity index (χ0v) is 15.5. The molecule has 0 radical (unpaired) electrons. The predicted molar refractivity (Wildman–Crippen MR) is 94.9 cm³/mol. The van der Waals surface area contributed by atoms with Gasteiger partial charge in [0.25, 0.3) is 0 Å². The number of likely N-dealkylation sites (tertiary alicyclic amines) is 1. The molecule has 1 saturated heterocycles. The first-order valence-electron chi connectivity index (χ1n) is 9.61. The molecule has 2 aliphatic rings. The van der Waals surface area contributed by atoms with Gasteiger partial charge in [-0.05, 0) is 37.5 Å². The Kier molecular flexibility index (Phi) is 5.61. The van der Waals surface area contributed by atoms with Gasteiger partial charge in [-0.3, -0.25) is 0 Å². The Morgan fingerprint density at radius 1 is 1.40 bits per heavy atom. The second-order valence-corrected chi connectivity index (χ2v) is 8.11. The molecule has 1 aromatic heterocycles. The average Bonchev–Trinajstić information content (AvgIpc) is 3.23. The van der Waals surface area contributed by atoms with Crippen LogP contribution in [0, 0.1) is 11.8 Å². The largest absolute Gasteiger partial charge is 0.339 e. The molecule has 2 fully saturated rings. The zero-order valence-electron chi connectivity index (χ0n) is 15.5. The summed E-state index contributed by atoms with van der Waals surface area (Å²) >= 11 is 0. The van der Waals surface area contributed by atoms with Crippen LogP contribution in [0.3, 0.4) is 0 Å². The van der Waals surface area contributed by atoms with Gasteiger partial charge in [-0.15, -0.1) is 0 Å². The molecule has 0 aromatic carbocycles. The van der Waals surface area contributed by atoms with Crippen molar-refractivity contribution in [2.24, 2.45) is 17.6 Å². The molecule has 7 nitrogen and oxygen atoms in total. The third-order valence-electron chi connectivity index (χ3n) is 5.34. The van der Waals surface area contributed by atoms with Crippen LogP contribution in [-0.2, 0) is 12.0 Å². The summed E-state index contributed by atoms with van der Waals surface area (Å²) in [4.78, 5) is 18.7. The van der Waals surface area contributed by atoms with Gasteiger partial charge in [0.1, 0.15) is 0 Å². The number of nitrogens with zero attached hydrogens (tertiary/aromatic N) is 3. The van der Waals surface area contributed by atoms with Crippen LogP contribution >= 0.6 is 0 Å². The molecule has 1 aliphatic heterocycles. The van der Waals surface area contributed by atoms with Crippen LogP contribution in [0.1, 0.15) is 64.1 Å². The van der Waals surface area contributed by atoms with Crippen LogP contribution in [0.5, 0.6) is 0 Å². The Balaban J connectivity index is 1.54. The van der Waals surface area contributed by atoms with Crippen LogP contribution in [0.15, 0.2) is 4.52 Å². The number of urea groups is 1. The summed E-state index contributed by atoms with van der Waals surface area (Å²) in [7, 11) is 0. The van der Waals surface area contributed by atoms with Crippen molar-refractivity contribution in [3.05, 3.63) is 11.7 Å². The van der Waals surface area contributed by atoms with Gasteiger partial charge >= 0.3 is 6.03 Å². The maximum atomic E-state index is 12.3. The molecule has 1 unspecified atom stereocenters. The summed E-state index contributed by atoms with van der Waals surface area (Å²) in [6.45, 7) is 6.48. The smallest absolute Gasteiger partial charge is 0.317 e. The lowest BCUT2D eigenvalue weighted by Gasteiger charge is -2.32. The highest BCUT2D eigenvalue weighted by molar-refractivity contribution is 5.74. The second-order valence-electron chi connectivity index (χ2n) is 8.11. The quantitative estimate of drug-likeness (QED) is 0.851. The van der Waals surface area contributed by atoms with E-state index in [9.17, 15) is 4.79 Å². The van der Waals surface area contributed by atoms with Gasteiger partial charge in [-0.25, -0.2) is 4.79 Å². The Morgan fingerprint density at radius 3 is 2.88 bits per heavy atom. The third-order valence-corrected chi connectivity index (χ3v) is 5.34. The second kappa shape index (κ2) is 7.72. The van der Waals surface area contributed by atoms with Gasteiger partial charge in [0.2, 0.25) is 5.89 Å². The molecule has 2 amide bonds. The molecular weight excluding hydrogens is 318 g/mol. The van der Waals surface area contributed by atoms with Crippen molar-refractivity contribution in [3.63, 3.8) is 0 Å². The van der Waals surface area contributed by atoms with E-state index in [1.54, 1.807) is 0 Å². The highest BCUT2D eigenvalue weighted by atomic mass is 16.5. The highest BCUT2D eigenvalue weighted by Crippen LogP contribution is 2.34. The van der Waals surface area contributed by atoms with E-state index >= 15 is 0 Å². The number of aromatic nitrogens is 2. The molecular formula is C18H31N5O2. The van der Waals surface area contributed by atoms with E-state index in [0.29, 0.717) is 30.1 Å². The number of rotatable bonds is 5. The zero-order chi connectivity index (χ0) is 17.9. The lowest BCUT2D eigenvalue weighted by Crippen LogP contribution is -2.46. The monoisotopic (exact) mass is 349 g/mol. The number of amides is 2. The first kappa shape index (κ1) is 18.2. The molecule has 140 valence electrons.